The maximum Gasteiger partial charge on any atom is 0.133 e. The van der Waals surface area contributed by atoms with E-state index in [-0.39, 0.29) is 12.1 Å². The summed E-state index contributed by atoms with van der Waals surface area (Å²) >= 11 is 0. The summed E-state index contributed by atoms with van der Waals surface area (Å²) in [5.41, 5.74) is 0.992. The third-order valence-corrected chi connectivity index (χ3v) is 3.93. The highest BCUT2D eigenvalue weighted by Gasteiger charge is 2.27. The lowest BCUT2D eigenvalue weighted by Gasteiger charge is -2.36. The monoisotopic (exact) mass is 263 g/mol. The van der Waals surface area contributed by atoms with Crippen molar-refractivity contribution in [3.05, 3.63) is 17.6 Å². The van der Waals surface area contributed by atoms with Gasteiger partial charge in [0, 0.05) is 24.7 Å². The van der Waals surface area contributed by atoms with E-state index >= 15 is 0 Å². The Hall–Kier alpha value is -1.16. The molecule has 0 saturated heterocycles. The van der Waals surface area contributed by atoms with E-state index in [2.05, 4.69) is 28.7 Å². The molecule has 0 radical (unpaired) electrons. The molecule has 1 aliphatic rings. The molecule has 106 valence electrons. The van der Waals surface area contributed by atoms with E-state index in [0.29, 0.717) is 5.92 Å². The second-order valence-corrected chi connectivity index (χ2v) is 5.91. The highest BCUT2D eigenvalue weighted by Crippen LogP contribution is 2.26. The predicted octanol–water partition coefficient (Wildman–Crippen LogP) is 2.65. The molecule has 0 spiro atoms. The van der Waals surface area contributed by atoms with Crippen LogP contribution < -0.4 is 4.90 Å². The van der Waals surface area contributed by atoms with Gasteiger partial charge in [0.25, 0.3) is 0 Å². The third-order valence-electron chi connectivity index (χ3n) is 3.93. The summed E-state index contributed by atoms with van der Waals surface area (Å²) in [6, 6.07) is 2.19. The van der Waals surface area contributed by atoms with Crippen molar-refractivity contribution in [3.8, 4) is 0 Å². The Morgan fingerprint density at radius 3 is 2.58 bits per heavy atom. The summed E-state index contributed by atoms with van der Waals surface area (Å²) in [5.74, 6) is 2.14. The van der Waals surface area contributed by atoms with Crippen molar-refractivity contribution in [3.63, 3.8) is 0 Å². The highest BCUT2D eigenvalue weighted by molar-refractivity contribution is 5.40. The summed E-state index contributed by atoms with van der Waals surface area (Å²) < 4.78 is 0. The topological polar surface area (TPSA) is 49.2 Å². The van der Waals surface area contributed by atoms with Crippen LogP contribution >= 0.6 is 0 Å². The van der Waals surface area contributed by atoms with Crippen molar-refractivity contribution in [1.82, 2.24) is 9.97 Å². The molecule has 0 aliphatic heterocycles. The minimum absolute atomic E-state index is 0.183. The molecule has 4 heteroatoms. The second-order valence-electron chi connectivity index (χ2n) is 5.91. The van der Waals surface area contributed by atoms with E-state index in [4.69, 9.17) is 0 Å². The maximum atomic E-state index is 10.2. The van der Waals surface area contributed by atoms with Crippen LogP contribution in [0.3, 0.4) is 0 Å². The average molecular weight is 263 g/mol. The molecule has 19 heavy (non-hydrogen) atoms. The Kier molecular flexibility index (Phi) is 4.40. The van der Waals surface area contributed by atoms with Gasteiger partial charge in [0.2, 0.25) is 0 Å². The molecule has 0 aromatic carbocycles. The first-order valence-electron chi connectivity index (χ1n) is 7.25. The van der Waals surface area contributed by atoms with Gasteiger partial charge in [-0.1, -0.05) is 26.7 Å². The fraction of sp³-hybridized carbons (Fsp3) is 0.733. The molecule has 1 N–H and O–H groups in total. The Morgan fingerprint density at radius 1 is 1.26 bits per heavy atom. The van der Waals surface area contributed by atoms with Gasteiger partial charge in [-0.3, -0.25) is 0 Å². The number of nitrogens with zero attached hydrogens (tertiary/aromatic N) is 3. The third kappa shape index (κ3) is 3.24. The molecule has 1 saturated carbocycles. The molecule has 2 unspecified atom stereocenters. The van der Waals surface area contributed by atoms with Gasteiger partial charge in [0.15, 0.2) is 0 Å². The van der Waals surface area contributed by atoms with E-state index in [0.717, 1.165) is 36.6 Å². The number of likely N-dealkylation sites (N-methyl/N-ethyl adjacent to an activating group) is 1. The van der Waals surface area contributed by atoms with Crippen LogP contribution in [0, 0.1) is 6.92 Å². The van der Waals surface area contributed by atoms with Gasteiger partial charge in [0.05, 0.1) is 12.1 Å². The summed E-state index contributed by atoms with van der Waals surface area (Å²) in [6.07, 6.45) is 4.02. The molecule has 1 fully saturated rings. The Balaban J connectivity index is 2.24. The lowest BCUT2D eigenvalue weighted by Crippen LogP contribution is -2.44. The largest absolute Gasteiger partial charge is 0.391 e. The van der Waals surface area contributed by atoms with Crippen LogP contribution in [0.1, 0.15) is 57.0 Å². The highest BCUT2D eigenvalue weighted by atomic mass is 16.3. The van der Waals surface area contributed by atoms with E-state index in [1.54, 1.807) is 0 Å². The number of anilines is 1. The van der Waals surface area contributed by atoms with Gasteiger partial charge in [-0.2, -0.15) is 0 Å². The molecule has 0 bridgehead atoms. The fourth-order valence-electron chi connectivity index (χ4n) is 2.73. The van der Waals surface area contributed by atoms with Crippen LogP contribution in [0.2, 0.25) is 0 Å². The molecule has 1 heterocycles. The van der Waals surface area contributed by atoms with E-state index in [9.17, 15) is 5.11 Å². The van der Waals surface area contributed by atoms with Gasteiger partial charge in [-0.15, -0.1) is 0 Å². The molecule has 2 atom stereocenters. The lowest BCUT2D eigenvalue weighted by molar-refractivity contribution is 0.106. The standard InChI is InChI=1S/C15H25N3O/c1-10(2)15-16-11(3)9-14(17-15)18(4)12-7-5-6-8-13(12)19/h9-10,12-13,19H,5-8H2,1-4H3. The van der Waals surface area contributed by atoms with Gasteiger partial charge in [-0.25, -0.2) is 9.97 Å². The minimum atomic E-state index is -0.239. The first-order valence-corrected chi connectivity index (χ1v) is 7.25. The molecule has 2 rings (SSSR count). The quantitative estimate of drug-likeness (QED) is 0.911. The fourth-order valence-corrected chi connectivity index (χ4v) is 2.73. The number of aliphatic hydroxyl groups excluding tert-OH is 1. The zero-order valence-electron chi connectivity index (χ0n) is 12.4. The summed E-state index contributed by atoms with van der Waals surface area (Å²) in [7, 11) is 2.03. The number of hydrogen-bond donors (Lipinski definition) is 1. The molecular weight excluding hydrogens is 238 g/mol. The number of aliphatic hydroxyl groups is 1. The van der Waals surface area contributed by atoms with Gasteiger partial charge >= 0.3 is 0 Å². The van der Waals surface area contributed by atoms with Crippen LogP contribution in [-0.4, -0.2) is 34.3 Å². The number of rotatable bonds is 3. The summed E-state index contributed by atoms with van der Waals surface area (Å²) in [6.45, 7) is 6.21. The Morgan fingerprint density at radius 2 is 1.95 bits per heavy atom. The molecule has 1 aromatic heterocycles. The van der Waals surface area contributed by atoms with E-state index in [1.165, 1.54) is 6.42 Å². The normalized spacial score (nSPS) is 23.7. The van der Waals surface area contributed by atoms with Crippen molar-refractivity contribution < 1.29 is 5.11 Å². The Bertz CT molecular complexity index is 433. The first kappa shape index (κ1) is 14.3. The molecule has 1 aromatic rings. The second kappa shape index (κ2) is 5.87. The first-order chi connectivity index (χ1) is 8.99. The van der Waals surface area contributed by atoms with Crippen LogP contribution in [-0.2, 0) is 0 Å². The van der Waals surface area contributed by atoms with Crippen molar-refractivity contribution >= 4 is 5.82 Å². The predicted molar refractivity (Wildman–Crippen MR) is 77.5 cm³/mol. The average Bonchev–Trinajstić information content (AvgIpc) is 2.37. The number of hydrogen-bond acceptors (Lipinski definition) is 4. The molecule has 1 aliphatic carbocycles. The number of aromatic nitrogens is 2. The van der Waals surface area contributed by atoms with Crippen molar-refractivity contribution in [2.24, 2.45) is 0 Å². The van der Waals surface area contributed by atoms with E-state index in [1.807, 2.05) is 20.0 Å². The van der Waals surface area contributed by atoms with Crippen molar-refractivity contribution in [1.29, 1.82) is 0 Å². The smallest absolute Gasteiger partial charge is 0.133 e. The molecule has 4 nitrogen and oxygen atoms in total. The minimum Gasteiger partial charge on any atom is -0.391 e. The SMILES string of the molecule is Cc1cc(N(C)C2CCCCC2O)nc(C(C)C)n1. The molecule has 0 amide bonds. The van der Waals surface area contributed by atoms with Crippen molar-refractivity contribution in [2.45, 2.75) is 64.5 Å². The van der Waals surface area contributed by atoms with Crippen LogP contribution in [0.25, 0.3) is 0 Å². The van der Waals surface area contributed by atoms with Crippen LogP contribution in [0.5, 0.6) is 0 Å². The van der Waals surface area contributed by atoms with Crippen molar-refractivity contribution in [2.75, 3.05) is 11.9 Å². The lowest BCUT2D eigenvalue weighted by atomic mass is 9.91. The zero-order chi connectivity index (χ0) is 14.0. The summed E-state index contributed by atoms with van der Waals surface area (Å²) in [4.78, 5) is 11.3. The Labute approximate surface area is 115 Å². The summed E-state index contributed by atoms with van der Waals surface area (Å²) in [5, 5.41) is 10.2. The maximum absolute atomic E-state index is 10.2. The van der Waals surface area contributed by atoms with Gasteiger partial charge < -0.3 is 10.0 Å². The van der Waals surface area contributed by atoms with Gasteiger partial charge in [0.1, 0.15) is 11.6 Å². The van der Waals surface area contributed by atoms with Gasteiger partial charge in [-0.05, 0) is 19.8 Å². The van der Waals surface area contributed by atoms with Crippen LogP contribution in [0.15, 0.2) is 6.07 Å². The number of aryl methyl sites for hydroxylation is 1. The zero-order valence-corrected chi connectivity index (χ0v) is 12.4. The van der Waals surface area contributed by atoms with Crippen LogP contribution in [0.4, 0.5) is 5.82 Å². The van der Waals surface area contributed by atoms with E-state index < -0.39 is 0 Å². The molecular formula is C15H25N3O.